The summed E-state index contributed by atoms with van der Waals surface area (Å²) in [6.45, 7) is 0. The molecule has 0 aromatic rings. The van der Waals surface area contributed by atoms with E-state index in [9.17, 15) is 0 Å². The van der Waals surface area contributed by atoms with Gasteiger partial charge >= 0.3 is 89.5 Å². The summed E-state index contributed by atoms with van der Waals surface area (Å²) < 4.78 is 0. The van der Waals surface area contributed by atoms with Crippen molar-refractivity contribution in [3.8, 4) is 0 Å². The standard InChI is InChI=1S/4Ag.4FH/h;;;;4*1H/q4*+1;;;;/p-4. The van der Waals surface area contributed by atoms with Crippen LogP contribution in [0.1, 0.15) is 0 Å². The smallest absolute Gasteiger partial charge is 1.00 e. The third-order valence-electron chi connectivity index (χ3n) is 0. The van der Waals surface area contributed by atoms with Crippen LogP contribution >= 0.6 is 0 Å². The van der Waals surface area contributed by atoms with Gasteiger partial charge in [-0.1, -0.05) is 0 Å². The van der Waals surface area contributed by atoms with E-state index in [4.69, 9.17) is 0 Å². The van der Waals surface area contributed by atoms with Crippen molar-refractivity contribution >= 4 is 0 Å². The van der Waals surface area contributed by atoms with Crippen LogP contribution in [-0.2, 0) is 89.5 Å². The molecule has 0 heterocycles. The quantitative estimate of drug-likeness (QED) is 0.226. The molecule has 0 radical (unpaired) electrons. The molecule has 0 rings (SSSR count). The SMILES string of the molecule is [Ag+].[Ag+].[Ag+].[Ag+].[F-].[F-].[F-].[F-]. The molecular formula is Ag4F4. The molecule has 72 valence electrons. The number of rotatable bonds is 0. The van der Waals surface area contributed by atoms with Gasteiger partial charge in [0, 0.05) is 0 Å². The number of hydrogen-bond acceptors (Lipinski definition) is 0. The fourth-order valence-corrected chi connectivity index (χ4v) is 0. The van der Waals surface area contributed by atoms with Crippen molar-refractivity contribution in [2.24, 2.45) is 0 Å². The van der Waals surface area contributed by atoms with Crippen molar-refractivity contribution < 1.29 is 108 Å². The fourth-order valence-electron chi connectivity index (χ4n) is 0. The summed E-state index contributed by atoms with van der Waals surface area (Å²) in [6, 6.07) is 0. The first-order valence-corrected chi connectivity index (χ1v) is 0. The van der Waals surface area contributed by atoms with Gasteiger partial charge < -0.3 is 18.8 Å². The minimum Gasteiger partial charge on any atom is -1.00 e. The Kier molecular flexibility index (Phi) is 1770. The van der Waals surface area contributed by atoms with E-state index in [1.807, 2.05) is 0 Å². The monoisotopic (exact) mass is 504 g/mol. The first kappa shape index (κ1) is 139. The average Bonchev–Trinajstić information content (AvgIpc) is 0. The molecule has 0 bridgehead atoms. The maximum atomic E-state index is 0. The van der Waals surface area contributed by atoms with Gasteiger partial charge in [0.15, 0.2) is 0 Å². The molecule has 0 saturated heterocycles. The molecule has 0 nitrogen and oxygen atoms in total. The Hall–Kier alpha value is 2.68. The van der Waals surface area contributed by atoms with Crippen LogP contribution in [0.3, 0.4) is 0 Å². The van der Waals surface area contributed by atoms with Gasteiger partial charge in [-0.2, -0.15) is 0 Å². The van der Waals surface area contributed by atoms with E-state index in [0.717, 1.165) is 0 Å². The summed E-state index contributed by atoms with van der Waals surface area (Å²) >= 11 is 0. The molecule has 0 N–H and O–H groups in total. The minimum absolute atomic E-state index is 0. The van der Waals surface area contributed by atoms with Gasteiger partial charge in [-0.25, -0.2) is 0 Å². The zero-order valence-corrected chi connectivity index (χ0v) is 8.65. The summed E-state index contributed by atoms with van der Waals surface area (Å²) in [5, 5.41) is 0. The van der Waals surface area contributed by atoms with Crippen LogP contribution < -0.4 is 18.8 Å². The first-order chi connectivity index (χ1) is 0. The Bertz CT molecular complexity index is 8.00. The van der Waals surface area contributed by atoms with Crippen molar-refractivity contribution in [3.63, 3.8) is 0 Å². The Labute approximate surface area is 107 Å². The summed E-state index contributed by atoms with van der Waals surface area (Å²) in [5.41, 5.74) is 0. The topological polar surface area (TPSA) is 0 Å². The third-order valence-corrected chi connectivity index (χ3v) is 0. The molecule has 0 aromatic carbocycles. The Balaban J connectivity index is 0. The van der Waals surface area contributed by atoms with Gasteiger partial charge in [0.2, 0.25) is 0 Å². The summed E-state index contributed by atoms with van der Waals surface area (Å²) in [5.74, 6) is 0. The predicted octanol–water partition coefficient (Wildman–Crippen LogP) is -12.0. The molecule has 8 heavy (non-hydrogen) atoms. The van der Waals surface area contributed by atoms with E-state index in [1.165, 1.54) is 0 Å². The van der Waals surface area contributed by atoms with E-state index >= 15 is 0 Å². The molecule has 0 amide bonds. The average molecular weight is 507 g/mol. The van der Waals surface area contributed by atoms with Crippen LogP contribution in [0.5, 0.6) is 0 Å². The molecule has 0 atom stereocenters. The van der Waals surface area contributed by atoms with Crippen LogP contribution in [0.25, 0.3) is 0 Å². The molecule has 0 aliphatic carbocycles. The van der Waals surface area contributed by atoms with E-state index in [-0.39, 0.29) is 108 Å². The third kappa shape index (κ3) is 71.3. The van der Waals surface area contributed by atoms with Gasteiger partial charge in [0.25, 0.3) is 0 Å². The van der Waals surface area contributed by atoms with E-state index < -0.39 is 0 Å². The maximum absolute atomic E-state index is 0. The van der Waals surface area contributed by atoms with Gasteiger partial charge in [-0.3, -0.25) is 0 Å². The molecule has 8 heteroatoms. The Morgan fingerprint density at radius 2 is 0.250 bits per heavy atom. The zero-order chi connectivity index (χ0) is 0. The molecule has 0 spiro atoms. The molecule has 0 saturated carbocycles. The predicted molar refractivity (Wildman–Crippen MR) is 0 cm³/mol. The van der Waals surface area contributed by atoms with Crippen LogP contribution in [0, 0.1) is 0 Å². The van der Waals surface area contributed by atoms with Gasteiger partial charge in [-0.15, -0.1) is 0 Å². The summed E-state index contributed by atoms with van der Waals surface area (Å²) in [6.07, 6.45) is 0. The summed E-state index contributed by atoms with van der Waals surface area (Å²) in [7, 11) is 0. The second-order valence-electron chi connectivity index (χ2n) is 0. The normalized spacial score (nSPS) is 0. The van der Waals surface area contributed by atoms with Crippen LogP contribution in [0.4, 0.5) is 0 Å². The van der Waals surface area contributed by atoms with E-state index in [2.05, 4.69) is 0 Å². The fraction of sp³-hybridized carbons (Fsp3) is 0. The van der Waals surface area contributed by atoms with Crippen molar-refractivity contribution in [3.05, 3.63) is 0 Å². The molecule has 0 aliphatic heterocycles. The molecule has 0 unspecified atom stereocenters. The van der Waals surface area contributed by atoms with Gasteiger partial charge in [0.05, 0.1) is 0 Å². The van der Waals surface area contributed by atoms with Gasteiger partial charge in [-0.05, 0) is 0 Å². The van der Waals surface area contributed by atoms with Crippen LogP contribution in [-0.4, -0.2) is 0 Å². The van der Waals surface area contributed by atoms with Crippen LogP contribution in [0.15, 0.2) is 0 Å². The van der Waals surface area contributed by atoms with Crippen molar-refractivity contribution in [2.75, 3.05) is 0 Å². The second-order valence-corrected chi connectivity index (χ2v) is 0. The molecule has 0 aliphatic rings. The van der Waals surface area contributed by atoms with Crippen molar-refractivity contribution in [1.29, 1.82) is 0 Å². The molecular weight excluding hydrogens is 507 g/mol. The Morgan fingerprint density at radius 1 is 0.250 bits per heavy atom. The number of hydrogen-bond donors (Lipinski definition) is 0. The summed E-state index contributed by atoms with van der Waals surface area (Å²) in [4.78, 5) is 0. The van der Waals surface area contributed by atoms with E-state index in [0.29, 0.717) is 0 Å². The second kappa shape index (κ2) is 101. The molecule has 0 fully saturated rings. The van der Waals surface area contributed by atoms with E-state index in [1.54, 1.807) is 0 Å². The zero-order valence-electron chi connectivity index (χ0n) is 2.72. The minimum atomic E-state index is 0. The number of halogens is 4. The van der Waals surface area contributed by atoms with Gasteiger partial charge in [0.1, 0.15) is 0 Å². The van der Waals surface area contributed by atoms with Crippen molar-refractivity contribution in [2.45, 2.75) is 0 Å². The largest absolute Gasteiger partial charge is 1.00 e. The Morgan fingerprint density at radius 3 is 0.250 bits per heavy atom. The van der Waals surface area contributed by atoms with Crippen LogP contribution in [0.2, 0.25) is 0 Å². The molecule has 0 aromatic heterocycles. The van der Waals surface area contributed by atoms with Crippen molar-refractivity contribution in [1.82, 2.24) is 0 Å². The first-order valence-electron chi connectivity index (χ1n) is 0. The maximum Gasteiger partial charge on any atom is 1.00 e.